The van der Waals surface area contributed by atoms with Gasteiger partial charge in [0.1, 0.15) is 11.6 Å². The number of hydrogen-bond acceptors (Lipinski definition) is 4. The maximum atomic E-state index is 12.8. The predicted octanol–water partition coefficient (Wildman–Crippen LogP) is 4.47. The molecule has 1 aliphatic heterocycles. The van der Waals surface area contributed by atoms with Crippen molar-refractivity contribution in [3.63, 3.8) is 0 Å². The first kappa shape index (κ1) is 17.7. The molecule has 2 aromatic heterocycles. The monoisotopic (exact) mass is 403 g/mol. The second-order valence-electron chi connectivity index (χ2n) is 7.08. The smallest absolute Gasteiger partial charge is 0.259 e. The number of hydrogen-bond donors (Lipinski definition) is 2. The minimum atomic E-state index is -0.166. The summed E-state index contributed by atoms with van der Waals surface area (Å²) in [7, 11) is 0. The molecule has 4 aromatic rings. The molecule has 1 fully saturated rings. The van der Waals surface area contributed by atoms with Gasteiger partial charge in [-0.2, -0.15) is 0 Å². The molecule has 0 atom stereocenters. The van der Waals surface area contributed by atoms with Gasteiger partial charge in [-0.1, -0.05) is 29.8 Å². The van der Waals surface area contributed by atoms with E-state index >= 15 is 0 Å². The Morgan fingerprint density at radius 3 is 2.76 bits per heavy atom. The molecule has 7 heteroatoms. The van der Waals surface area contributed by atoms with E-state index < -0.39 is 0 Å². The molecule has 0 bridgehead atoms. The summed E-state index contributed by atoms with van der Waals surface area (Å²) in [5, 5.41) is 3.62. The lowest BCUT2D eigenvalue weighted by molar-refractivity contribution is 0.102. The predicted molar refractivity (Wildman–Crippen MR) is 115 cm³/mol. The van der Waals surface area contributed by atoms with Crippen molar-refractivity contribution in [1.29, 1.82) is 0 Å². The van der Waals surface area contributed by atoms with Crippen LogP contribution in [0, 0.1) is 0 Å². The van der Waals surface area contributed by atoms with Crippen LogP contribution in [0.15, 0.2) is 66.9 Å². The first-order valence-corrected chi connectivity index (χ1v) is 9.77. The highest BCUT2D eigenvalue weighted by Gasteiger charge is 2.33. The van der Waals surface area contributed by atoms with Crippen molar-refractivity contribution in [2.24, 2.45) is 0 Å². The summed E-state index contributed by atoms with van der Waals surface area (Å²) in [5.74, 6) is 1.72. The summed E-state index contributed by atoms with van der Waals surface area (Å²) in [6.45, 7) is 1.49. The number of nitrogens with one attached hydrogen (secondary N) is 2. The lowest BCUT2D eigenvalue weighted by atomic mass is 9.98. The molecule has 0 unspecified atom stereocenters. The molecule has 29 heavy (non-hydrogen) atoms. The highest BCUT2D eigenvalue weighted by Crippen LogP contribution is 2.32. The average molecular weight is 404 g/mol. The van der Waals surface area contributed by atoms with Gasteiger partial charge in [0.2, 0.25) is 0 Å². The van der Waals surface area contributed by atoms with Gasteiger partial charge in [0.25, 0.3) is 5.91 Å². The average Bonchev–Trinajstić information content (AvgIpc) is 3.10. The van der Waals surface area contributed by atoms with Crippen molar-refractivity contribution in [3.05, 3.63) is 83.3 Å². The van der Waals surface area contributed by atoms with Crippen LogP contribution >= 0.6 is 11.6 Å². The number of benzene rings is 2. The second kappa shape index (κ2) is 7.22. The fourth-order valence-corrected chi connectivity index (χ4v) is 3.74. The van der Waals surface area contributed by atoms with Crippen LogP contribution in [-0.4, -0.2) is 33.9 Å². The van der Waals surface area contributed by atoms with Crippen LogP contribution < -0.4 is 10.2 Å². The Balaban J connectivity index is 1.33. The summed E-state index contributed by atoms with van der Waals surface area (Å²) < 4.78 is 0. The minimum absolute atomic E-state index is 0.166. The molecule has 144 valence electrons. The van der Waals surface area contributed by atoms with E-state index in [1.165, 1.54) is 0 Å². The molecule has 2 aromatic carbocycles. The zero-order valence-electron chi connectivity index (χ0n) is 15.5. The number of amides is 1. The van der Waals surface area contributed by atoms with Crippen molar-refractivity contribution in [3.8, 4) is 0 Å². The molecule has 2 N–H and O–H groups in total. The van der Waals surface area contributed by atoms with Crippen molar-refractivity contribution < 1.29 is 4.79 Å². The van der Waals surface area contributed by atoms with Gasteiger partial charge in [-0.05, 0) is 42.5 Å². The largest absolute Gasteiger partial charge is 0.354 e. The van der Waals surface area contributed by atoms with Crippen molar-refractivity contribution in [1.82, 2.24) is 15.0 Å². The first-order chi connectivity index (χ1) is 14.2. The maximum absolute atomic E-state index is 12.8. The van der Waals surface area contributed by atoms with E-state index in [1.54, 1.807) is 18.3 Å². The Kier molecular flexibility index (Phi) is 4.41. The summed E-state index contributed by atoms with van der Waals surface area (Å²) in [6.07, 6.45) is 1.71. The standard InChI is InChI=1S/C22H18ClN5O/c23-15-8-9-18-19(11-15)27-20(26-18)14-12-28(13-14)21-17(7-4-10-24-21)22(29)25-16-5-2-1-3-6-16/h1-11,14H,12-13H2,(H,25,29)(H,26,27). The number of pyridine rings is 1. The highest BCUT2D eigenvalue weighted by molar-refractivity contribution is 6.31. The third-order valence-electron chi connectivity index (χ3n) is 5.09. The van der Waals surface area contributed by atoms with Gasteiger partial charge in [-0.15, -0.1) is 0 Å². The van der Waals surface area contributed by atoms with Crippen LogP contribution in [-0.2, 0) is 0 Å². The van der Waals surface area contributed by atoms with Gasteiger partial charge in [-0.3, -0.25) is 4.79 Å². The van der Waals surface area contributed by atoms with E-state index in [1.807, 2.05) is 48.5 Å². The molecule has 0 saturated carbocycles. The maximum Gasteiger partial charge on any atom is 0.259 e. The number of para-hydroxylation sites is 1. The second-order valence-corrected chi connectivity index (χ2v) is 7.52. The van der Waals surface area contributed by atoms with Gasteiger partial charge >= 0.3 is 0 Å². The number of aromatic amines is 1. The number of anilines is 2. The summed E-state index contributed by atoms with van der Waals surface area (Å²) in [6, 6.07) is 18.6. The molecule has 6 nitrogen and oxygen atoms in total. The zero-order chi connectivity index (χ0) is 19.8. The van der Waals surface area contributed by atoms with Gasteiger partial charge in [-0.25, -0.2) is 9.97 Å². The van der Waals surface area contributed by atoms with E-state index in [2.05, 4.69) is 25.2 Å². The topological polar surface area (TPSA) is 73.9 Å². The Morgan fingerprint density at radius 2 is 1.93 bits per heavy atom. The molecular weight excluding hydrogens is 386 g/mol. The quantitative estimate of drug-likeness (QED) is 0.527. The lowest BCUT2D eigenvalue weighted by Crippen LogP contribution is -2.46. The van der Waals surface area contributed by atoms with E-state index in [9.17, 15) is 4.79 Å². The summed E-state index contributed by atoms with van der Waals surface area (Å²) >= 11 is 6.06. The van der Waals surface area contributed by atoms with Crippen LogP contribution in [0.25, 0.3) is 11.0 Å². The van der Waals surface area contributed by atoms with Crippen LogP contribution in [0.3, 0.4) is 0 Å². The third kappa shape index (κ3) is 3.43. The number of rotatable bonds is 4. The molecule has 0 radical (unpaired) electrons. The van der Waals surface area contributed by atoms with Gasteiger partial charge < -0.3 is 15.2 Å². The lowest BCUT2D eigenvalue weighted by Gasteiger charge is -2.39. The molecular formula is C22H18ClN5O. The molecule has 0 spiro atoms. The van der Waals surface area contributed by atoms with Crippen molar-refractivity contribution >= 4 is 40.0 Å². The Morgan fingerprint density at radius 1 is 1.10 bits per heavy atom. The normalized spacial score (nSPS) is 14.0. The molecule has 1 amide bonds. The summed E-state index contributed by atoms with van der Waals surface area (Å²) in [5.41, 5.74) is 3.16. The van der Waals surface area contributed by atoms with Crippen molar-refractivity contribution in [2.75, 3.05) is 23.3 Å². The third-order valence-corrected chi connectivity index (χ3v) is 5.33. The van der Waals surface area contributed by atoms with Crippen LogP contribution in [0.2, 0.25) is 5.02 Å². The van der Waals surface area contributed by atoms with E-state index in [4.69, 9.17) is 11.6 Å². The molecule has 5 rings (SSSR count). The fourth-order valence-electron chi connectivity index (χ4n) is 3.57. The number of H-pyrrole nitrogens is 1. The molecule has 3 heterocycles. The molecule has 0 aliphatic carbocycles. The van der Waals surface area contributed by atoms with E-state index in [0.717, 1.165) is 35.6 Å². The molecule has 1 aliphatic rings. The van der Waals surface area contributed by atoms with Gasteiger partial charge in [0, 0.05) is 30.0 Å². The number of imidazole rings is 1. The Hall–Kier alpha value is -3.38. The minimum Gasteiger partial charge on any atom is -0.354 e. The van der Waals surface area contributed by atoms with Gasteiger partial charge in [0.15, 0.2) is 0 Å². The number of fused-ring (bicyclic) bond motifs is 1. The Bertz CT molecular complexity index is 1180. The van der Waals surface area contributed by atoms with Gasteiger partial charge in [0.05, 0.1) is 22.5 Å². The number of carbonyl (C=O) groups excluding carboxylic acids is 1. The SMILES string of the molecule is O=C(Nc1ccccc1)c1cccnc1N1CC(c2nc3ccc(Cl)cc3[nH]2)C1. The van der Waals surface area contributed by atoms with Crippen molar-refractivity contribution in [2.45, 2.75) is 5.92 Å². The van der Waals surface area contributed by atoms with E-state index in [0.29, 0.717) is 16.4 Å². The van der Waals surface area contributed by atoms with Crippen LogP contribution in [0.1, 0.15) is 22.1 Å². The number of aromatic nitrogens is 3. The summed E-state index contributed by atoms with van der Waals surface area (Å²) in [4.78, 5) is 27.4. The Labute approximate surface area is 172 Å². The number of nitrogens with zero attached hydrogens (tertiary/aromatic N) is 3. The number of halogens is 1. The molecule has 1 saturated heterocycles. The van der Waals surface area contributed by atoms with Crippen LogP contribution in [0.4, 0.5) is 11.5 Å². The number of carbonyl (C=O) groups is 1. The fraction of sp³-hybridized carbons (Fsp3) is 0.136. The first-order valence-electron chi connectivity index (χ1n) is 9.39. The zero-order valence-corrected chi connectivity index (χ0v) is 16.2. The van der Waals surface area contributed by atoms with Crippen LogP contribution in [0.5, 0.6) is 0 Å². The van der Waals surface area contributed by atoms with E-state index in [-0.39, 0.29) is 11.8 Å². The highest BCUT2D eigenvalue weighted by atomic mass is 35.5.